The van der Waals surface area contributed by atoms with Gasteiger partial charge in [0.25, 0.3) is 0 Å². The summed E-state index contributed by atoms with van der Waals surface area (Å²) in [5.74, 6) is 0.110. The van der Waals surface area contributed by atoms with Crippen molar-refractivity contribution in [2.45, 2.75) is 56.7 Å². The van der Waals surface area contributed by atoms with Crippen LogP contribution in [0.1, 0.15) is 44.1 Å². The largest absolute Gasteiger partial charge is 0.353 e. The molecule has 3 heteroatoms. The average Bonchev–Trinajstić information content (AvgIpc) is 2.69. The van der Waals surface area contributed by atoms with E-state index in [4.69, 9.17) is 0 Å². The lowest BCUT2D eigenvalue weighted by molar-refractivity contribution is -0.123. The molecule has 20 heavy (non-hydrogen) atoms. The van der Waals surface area contributed by atoms with Gasteiger partial charge in [-0.05, 0) is 45.2 Å². The van der Waals surface area contributed by atoms with E-state index in [1.807, 2.05) is 37.3 Å². The Kier molecular flexibility index (Phi) is 3.79. The van der Waals surface area contributed by atoms with Gasteiger partial charge in [-0.15, -0.1) is 0 Å². The molecule has 0 spiro atoms. The van der Waals surface area contributed by atoms with Crippen molar-refractivity contribution in [3.8, 4) is 0 Å². The minimum Gasteiger partial charge on any atom is -0.353 e. The maximum atomic E-state index is 12.4. The van der Waals surface area contributed by atoms with Crippen LogP contribution in [0.4, 0.5) is 0 Å². The number of nitrogens with one attached hydrogen (secondary N) is 1. The molecule has 2 saturated heterocycles. The van der Waals surface area contributed by atoms with Gasteiger partial charge in [0.1, 0.15) is 0 Å². The lowest BCUT2D eigenvalue weighted by Crippen LogP contribution is -2.49. The Hall–Kier alpha value is -1.35. The van der Waals surface area contributed by atoms with Crippen LogP contribution in [0.5, 0.6) is 0 Å². The van der Waals surface area contributed by atoms with E-state index in [-0.39, 0.29) is 11.8 Å². The Labute approximate surface area is 121 Å². The van der Waals surface area contributed by atoms with Gasteiger partial charge in [-0.2, -0.15) is 0 Å². The SMILES string of the molecule is CC(C(=O)NC1C[C@H]2CC[C@@H](C1)N2C)c1ccccc1. The third-order valence-corrected chi connectivity index (χ3v) is 5.14. The number of carbonyl (C=O) groups excluding carboxylic acids is 1. The van der Waals surface area contributed by atoms with Crippen molar-refractivity contribution in [3.63, 3.8) is 0 Å². The van der Waals surface area contributed by atoms with E-state index in [1.165, 1.54) is 12.8 Å². The highest BCUT2D eigenvalue weighted by molar-refractivity contribution is 5.83. The minimum absolute atomic E-state index is 0.0616. The van der Waals surface area contributed by atoms with Crippen molar-refractivity contribution < 1.29 is 4.79 Å². The topological polar surface area (TPSA) is 32.3 Å². The first kappa shape index (κ1) is 13.6. The lowest BCUT2D eigenvalue weighted by Gasteiger charge is -2.37. The van der Waals surface area contributed by atoms with Gasteiger partial charge in [-0.25, -0.2) is 0 Å². The van der Waals surface area contributed by atoms with Crippen molar-refractivity contribution >= 4 is 5.91 Å². The van der Waals surface area contributed by atoms with Crippen LogP contribution >= 0.6 is 0 Å². The molecular formula is C17H24N2O. The predicted molar refractivity (Wildman–Crippen MR) is 80.6 cm³/mol. The zero-order valence-corrected chi connectivity index (χ0v) is 12.4. The summed E-state index contributed by atoms with van der Waals surface area (Å²) in [7, 11) is 2.23. The molecule has 108 valence electrons. The van der Waals surface area contributed by atoms with Crippen LogP contribution in [0.25, 0.3) is 0 Å². The molecule has 0 aromatic heterocycles. The van der Waals surface area contributed by atoms with Gasteiger partial charge in [0.2, 0.25) is 5.91 Å². The van der Waals surface area contributed by atoms with Gasteiger partial charge >= 0.3 is 0 Å². The Morgan fingerprint density at radius 3 is 2.40 bits per heavy atom. The Bertz CT molecular complexity index is 459. The summed E-state index contributed by atoms with van der Waals surface area (Å²) in [4.78, 5) is 14.9. The fourth-order valence-corrected chi connectivity index (χ4v) is 3.75. The molecule has 2 heterocycles. The van der Waals surface area contributed by atoms with Crippen LogP contribution in [0.3, 0.4) is 0 Å². The first-order valence-electron chi connectivity index (χ1n) is 7.72. The molecule has 2 unspecified atom stereocenters. The Morgan fingerprint density at radius 1 is 1.20 bits per heavy atom. The van der Waals surface area contributed by atoms with Crippen LogP contribution < -0.4 is 5.32 Å². The number of hydrogen-bond acceptors (Lipinski definition) is 2. The van der Waals surface area contributed by atoms with E-state index in [1.54, 1.807) is 0 Å². The summed E-state index contributed by atoms with van der Waals surface area (Å²) in [6, 6.07) is 11.7. The number of hydrogen-bond donors (Lipinski definition) is 1. The fraction of sp³-hybridized carbons (Fsp3) is 0.588. The predicted octanol–water partition coefficient (Wildman–Crippen LogP) is 2.53. The molecule has 1 amide bonds. The molecule has 4 atom stereocenters. The van der Waals surface area contributed by atoms with Crippen LogP contribution in [0.2, 0.25) is 0 Å². The summed E-state index contributed by atoms with van der Waals surface area (Å²) >= 11 is 0. The number of nitrogens with zero attached hydrogens (tertiary/aromatic N) is 1. The molecule has 3 rings (SSSR count). The molecule has 3 nitrogen and oxygen atoms in total. The summed E-state index contributed by atoms with van der Waals surface area (Å²) in [5.41, 5.74) is 1.10. The van der Waals surface area contributed by atoms with E-state index in [2.05, 4.69) is 17.3 Å². The Balaban J connectivity index is 1.60. The summed E-state index contributed by atoms with van der Waals surface area (Å²) in [5, 5.41) is 3.27. The van der Waals surface area contributed by atoms with Gasteiger partial charge in [0.15, 0.2) is 0 Å². The summed E-state index contributed by atoms with van der Waals surface area (Å²) < 4.78 is 0. The van der Waals surface area contributed by atoms with E-state index >= 15 is 0 Å². The molecule has 0 aliphatic carbocycles. The second-order valence-electron chi connectivity index (χ2n) is 6.36. The average molecular weight is 272 g/mol. The van der Waals surface area contributed by atoms with E-state index in [0.717, 1.165) is 18.4 Å². The van der Waals surface area contributed by atoms with Crippen molar-refractivity contribution in [1.29, 1.82) is 0 Å². The molecular weight excluding hydrogens is 248 g/mol. The highest BCUT2D eigenvalue weighted by atomic mass is 16.1. The zero-order valence-electron chi connectivity index (χ0n) is 12.4. The number of carbonyl (C=O) groups is 1. The quantitative estimate of drug-likeness (QED) is 0.917. The molecule has 0 saturated carbocycles. The maximum Gasteiger partial charge on any atom is 0.227 e. The van der Waals surface area contributed by atoms with Crippen LogP contribution in [-0.4, -0.2) is 36.0 Å². The van der Waals surface area contributed by atoms with Crippen molar-refractivity contribution in [1.82, 2.24) is 10.2 Å². The second kappa shape index (κ2) is 5.57. The number of benzene rings is 1. The molecule has 1 N–H and O–H groups in total. The lowest BCUT2D eigenvalue weighted by atomic mass is 9.95. The second-order valence-corrected chi connectivity index (χ2v) is 6.36. The third kappa shape index (κ3) is 2.59. The first-order valence-corrected chi connectivity index (χ1v) is 7.72. The molecule has 1 aromatic carbocycles. The van der Waals surface area contributed by atoms with E-state index < -0.39 is 0 Å². The zero-order chi connectivity index (χ0) is 14.1. The summed E-state index contributed by atoms with van der Waals surface area (Å²) in [6.45, 7) is 1.99. The molecule has 2 aliphatic heterocycles. The standard InChI is InChI=1S/C17H24N2O/c1-12(13-6-4-3-5-7-13)17(20)18-14-10-15-8-9-16(11-14)19(15)2/h3-7,12,14-16H,8-11H2,1-2H3,(H,18,20)/t12?,14?,15-,16+. The van der Waals surface area contributed by atoms with Gasteiger partial charge in [0.05, 0.1) is 5.92 Å². The smallest absolute Gasteiger partial charge is 0.227 e. The number of fused-ring (bicyclic) bond motifs is 2. The molecule has 2 aliphatic rings. The fourth-order valence-electron chi connectivity index (χ4n) is 3.75. The third-order valence-electron chi connectivity index (χ3n) is 5.14. The molecule has 1 aromatic rings. The van der Waals surface area contributed by atoms with Gasteiger partial charge in [0, 0.05) is 18.1 Å². The highest BCUT2D eigenvalue weighted by Gasteiger charge is 2.39. The van der Waals surface area contributed by atoms with Crippen molar-refractivity contribution in [3.05, 3.63) is 35.9 Å². The number of rotatable bonds is 3. The normalized spacial score (nSPS) is 31.0. The van der Waals surface area contributed by atoms with E-state index in [0.29, 0.717) is 18.1 Å². The van der Waals surface area contributed by atoms with Gasteiger partial charge in [-0.1, -0.05) is 30.3 Å². The highest BCUT2D eigenvalue weighted by Crippen LogP contribution is 2.34. The first-order chi connectivity index (χ1) is 9.65. The van der Waals surface area contributed by atoms with Gasteiger partial charge in [-0.3, -0.25) is 4.79 Å². The minimum atomic E-state index is -0.0616. The molecule has 2 bridgehead atoms. The van der Waals surface area contributed by atoms with E-state index in [9.17, 15) is 4.79 Å². The van der Waals surface area contributed by atoms with Crippen molar-refractivity contribution in [2.24, 2.45) is 0 Å². The number of piperidine rings is 1. The van der Waals surface area contributed by atoms with Crippen LogP contribution in [0, 0.1) is 0 Å². The van der Waals surface area contributed by atoms with Gasteiger partial charge < -0.3 is 10.2 Å². The van der Waals surface area contributed by atoms with Crippen LogP contribution in [0.15, 0.2) is 30.3 Å². The number of amides is 1. The Morgan fingerprint density at radius 2 is 1.80 bits per heavy atom. The van der Waals surface area contributed by atoms with Crippen molar-refractivity contribution in [2.75, 3.05) is 7.05 Å². The maximum absolute atomic E-state index is 12.4. The summed E-state index contributed by atoms with van der Waals surface area (Å²) in [6.07, 6.45) is 4.81. The van der Waals surface area contributed by atoms with Crippen LogP contribution in [-0.2, 0) is 4.79 Å². The molecule has 2 fully saturated rings. The molecule has 0 radical (unpaired) electrons. The monoisotopic (exact) mass is 272 g/mol.